The Bertz CT molecular complexity index is 2010. The first-order valence-electron chi connectivity index (χ1n) is 12.9. The SMILES string of the molecule is c1cnc2c(-c3ccc4c5ccc(-c6cccc7cccnc67)cc5c5ccccc5c4c3)cccc2c1. The van der Waals surface area contributed by atoms with Gasteiger partial charge in [0.15, 0.2) is 0 Å². The smallest absolute Gasteiger partial charge is 0.0780 e. The molecule has 0 saturated heterocycles. The molecule has 0 radical (unpaired) electrons. The summed E-state index contributed by atoms with van der Waals surface area (Å²) < 4.78 is 0. The fourth-order valence-electron chi connectivity index (χ4n) is 5.97. The molecule has 8 aromatic rings. The van der Waals surface area contributed by atoms with E-state index >= 15 is 0 Å². The fraction of sp³-hybridized carbons (Fsp3) is 0. The number of pyridine rings is 2. The van der Waals surface area contributed by atoms with Crippen molar-refractivity contribution < 1.29 is 0 Å². The minimum atomic E-state index is 1.03. The van der Waals surface area contributed by atoms with Gasteiger partial charge in [0.1, 0.15) is 0 Å². The largest absolute Gasteiger partial charge is 0.256 e. The second-order valence-corrected chi connectivity index (χ2v) is 9.83. The summed E-state index contributed by atoms with van der Waals surface area (Å²) in [7, 11) is 0. The molecule has 0 aliphatic carbocycles. The topological polar surface area (TPSA) is 25.8 Å². The van der Waals surface area contributed by atoms with Gasteiger partial charge in [-0.1, -0.05) is 97.1 Å². The highest BCUT2D eigenvalue weighted by Crippen LogP contribution is 2.40. The first kappa shape index (κ1) is 21.0. The van der Waals surface area contributed by atoms with Crippen LogP contribution in [0.3, 0.4) is 0 Å². The Kier molecular flexibility index (Phi) is 4.55. The number of para-hydroxylation sites is 2. The molecule has 0 N–H and O–H groups in total. The van der Waals surface area contributed by atoms with E-state index in [1.165, 1.54) is 43.4 Å². The van der Waals surface area contributed by atoms with Crippen LogP contribution in [-0.2, 0) is 0 Å². The molecule has 0 unspecified atom stereocenters. The molecule has 38 heavy (non-hydrogen) atoms. The molecule has 2 heteroatoms. The number of nitrogens with zero attached hydrogens (tertiary/aromatic N) is 2. The van der Waals surface area contributed by atoms with E-state index in [0.29, 0.717) is 0 Å². The molecule has 2 aromatic heterocycles. The van der Waals surface area contributed by atoms with E-state index in [1.54, 1.807) is 0 Å². The van der Waals surface area contributed by atoms with E-state index in [4.69, 9.17) is 9.97 Å². The van der Waals surface area contributed by atoms with Crippen molar-refractivity contribution in [2.24, 2.45) is 0 Å². The molecule has 0 atom stereocenters. The van der Waals surface area contributed by atoms with Crippen LogP contribution in [0.25, 0.3) is 76.4 Å². The Hall–Kier alpha value is -5.08. The molecule has 0 fully saturated rings. The quantitative estimate of drug-likeness (QED) is 0.229. The van der Waals surface area contributed by atoms with Gasteiger partial charge in [-0.15, -0.1) is 0 Å². The Morgan fingerprint density at radius 1 is 0.342 bits per heavy atom. The molecule has 0 aliphatic heterocycles. The Labute approximate surface area is 219 Å². The molecule has 2 nitrogen and oxygen atoms in total. The summed E-state index contributed by atoms with van der Waals surface area (Å²) in [6.07, 6.45) is 3.75. The molecule has 0 bridgehead atoms. The Morgan fingerprint density at radius 2 is 0.789 bits per heavy atom. The van der Waals surface area contributed by atoms with Crippen LogP contribution in [0.4, 0.5) is 0 Å². The average Bonchev–Trinajstić information content (AvgIpc) is 3.00. The normalized spacial score (nSPS) is 11.7. The van der Waals surface area contributed by atoms with Crippen molar-refractivity contribution >= 4 is 54.1 Å². The molecular weight excluding hydrogens is 460 g/mol. The summed E-state index contributed by atoms with van der Waals surface area (Å²) in [5.74, 6) is 0. The highest BCUT2D eigenvalue weighted by Gasteiger charge is 2.13. The maximum atomic E-state index is 4.70. The van der Waals surface area contributed by atoms with Crippen molar-refractivity contribution in [3.05, 3.63) is 134 Å². The minimum absolute atomic E-state index is 1.03. The fourth-order valence-corrected chi connectivity index (χ4v) is 5.97. The van der Waals surface area contributed by atoms with E-state index in [0.717, 1.165) is 32.9 Å². The van der Waals surface area contributed by atoms with Crippen molar-refractivity contribution in [2.75, 3.05) is 0 Å². The van der Waals surface area contributed by atoms with Crippen molar-refractivity contribution in [1.29, 1.82) is 0 Å². The van der Waals surface area contributed by atoms with Gasteiger partial charge in [-0.25, -0.2) is 0 Å². The van der Waals surface area contributed by atoms with Crippen molar-refractivity contribution in [2.45, 2.75) is 0 Å². The molecule has 8 rings (SSSR count). The van der Waals surface area contributed by atoms with E-state index in [9.17, 15) is 0 Å². The second kappa shape index (κ2) is 8.22. The van der Waals surface area contributed by atoms with Crippen LogP contribution < -0.4 is 0 Å². The lowest BCUT2D eigenvalue weighted by molar-refractivity contribution is 1.41. The first-order valence-corrected chi connectivity index (χ1v) is 12.9. The monoisotopic (exact) mass is 482 g/mol. The van der Waals surface area contributed by atoms with Gasteiger partial charge >= 0.3 is 0 Å². The molecule has 0 aliphatic rings. The predicted molar refractivity (Wildman–Crippen MR) is 160 cm³/mol. The molecule has 2 heterocycles. The number of rotatable bonds is 2. The third-order valence-corrected chi connectivity index (χ3v) is 7.72. The van der Waals surface area contributed by atoms with Crippen LogP contribution in [-0.4, -0.2) is 9.97 Å². The van der Waals surface area contributed by atoms with E-state index < -0.39 is 0 Å². The van der Waals surface area contributed by atoms with Gasteiger partial charge in [-0.3, -0.25) is 9.97 Å². The molecule has 0 spiro atoms. The Balaban J connectivity index is 1.41. The van der Waals surface area contributed by atoms with Gasteiger partial charge in [-0.2, -0.15) is 0 Å². The molecule has 0 saturated carbocycles. The van der Waals surface area contributed by atoms with Crippen molar-refractivity contribution in [3.63, 3.8) is 0 Å². The number of aromatic nitrogens is 2. The standard InChI is InChI=1S/C36H22N2/c1-2-12-30-29(11-1)33-21-25(27-13-3-7-23-9-5-19-37-35(23)27)15-17-31(33)32-18-16-26(22-34(30)32)28-14-4-8-24-10-6-20-38-36(24)28/h1-22H. The van der Waals surface area contributed by atoms with Gasteiger partial charge in [0.25, 0.3) is 0 Å². The summed E-state index contributed by atoms with van der Waals surface area (Å²) in [4.78, 5) is 9.41. The van der Waals surface area contributed by atoms with Gasteiger partial charge in [0.05, 0.1) is 11.0 Å². The number of benzene rings is 6. The summed E-state index contributed by atoms with van der Waals surface area (Å²) in [6, 6.07) is 43.5. The van der Waals surface area contributed by atoms with Crippen LogP contribution in [0, 0.1) is 0 Å². The maximum Gasteiger partial charge on any atom is 0.0780 e. The average molecular weight is 483 g/mol. The van der Waals surface area contributed by atoms with Crippen LogP contribution in [0.2, 0.25) is 0 Å². The maximum absolute atomic E-state index is 4.70. The van der Waals surface area contributed by atoms with Gasteiger partial charge in [0, 0.05) is 34.3 Å². The highest BCUT2D eigenvalue weighted by molar-refractivity contribution is 6.26. The number of hydrogen-bond donors (Lipinski definition) is 0. The molecule has 6 aromatic carbocycles. The second-order valence-electron chi connectivity index (χ2n) is 9.83. The van der Waals surface area contributed by atoms with Crippen molar-refractivity contribution in [3.8, 4) is 22.3 Å². The minimum Gasteiger partial charge on any atom is -0.256 e. The predicted octanol–water partition coefficient (Wildman–Crippen LogP) is 9.58. The summed E-state index contributed by atoms with van der Waals surface area (Å²) in [5, 5.41) is 9.89. The Morgan fingerprint density at radius 3 is 1.29 bits per heavy atom. The highest BCUT2D eigenvalue weighted by atomic mass is 14.7. The lowest BCUT2D eigenvalue weighted by Crippen LogP contribution is -1.89. The van der Waals surface area contributed by atoms with E-state index in [1.807, 2.05) is 24.5 Å². The summed E-state index contributed by atoms with van der Waals surface area (Å²) >= 11 is 0. The van der Waals surface area contributed by atoms with Gasteiger partial charge in [-0.05, 0) is 67.7 Å². The molecule has 0 amide bonds. The van der Waals surface area contributed by atoms with Crippen LogP contribution >= 0.6 is 0 Å². The van der Waals surface area contributed by atoms with Crippen LogP contribution in [0.15, 0.2) is 134 Å². The lowest BCUT2D eigenvalue weighted by atomic mass is 9.90. The van der Waals surface area contributed by atoms with Crippen molar-refractivity contribution in [1.82, 2.24) is 9.97 Å². The lowest BCUT2D eigenvalue weighted by Gasteiger charge is -2.14. The van der Waals surface area contributed by atoms with Gasteiger partial charge in [0.2, 0.25) is 0 Å². The van der Waals surface area contributed by atoms with E-state index in [2.05, 4.69) is 109 Å². The summed E-state index contributed by atoms with van der Waals surface area (Å²) in [5.41, 5.74) is 6.76. The third-order valence-electron chi connectivity index (χ3n) is 7.72. The first-order chi connectivity index (χ1) is 18.8. The van der Waals surface area contributed by atoms with E-state index in [-0.39, 0.29) is 0 Å². The zero-order valence-corrected chi connectivity index (χ0v) is 20.6. The van der Waals surface area contributed by atoms with Gasteiger partial charge < -0.3 is 0 Å². The van der Waals surface area contributed by atoms with Crippen LogP contribution in [0.1, 0.15) is 0 Å². The van der Waals surface area contributed by atoms with Crippen LogP contribution in [0.5, 0.6) is 0 Å². The number of fused-ring (bicyclic) bond motifs is 8. The summed E-state index contributed by atoms with van der Waals surface area (Å²) in [6.45, 7) is 0. The zero-order valence-electron chi connectivity index (χ0n) is 20.6. The zero-order chi connectivity index (χ0) is 25.1. The molecule has 176 valence electrons. The molecular formula is C36H22N2. The third kappa shape index (κ3) is 3.14. The number of hydrogen-bond acceptors (Lipinski definition) is 2.